The smallest absolute Gasteiger partial charge is 0.302 e. The summed E-state index contributed by atoms with van der Waals surface area (Å²) in [7, 11) is 0. The summed E-state index contributed by atoms with van der Waals surface area (Å²) in [5.74, 6) is -0.258. The lowest BCUT2D eigenvalue weighted by atomic mass is 10.0. The van der Waals surface area contributed by atoms with Crippen LogP contribution in [0.3, 0.4) is 0 Å². The predicted octanol–water partition coefficient (Wildman–Crippen LogP) is 7.39. The number of aliphatic hydroxyl groups is 1. The van der Waals surface area contributed by atoms with Crippen LogP contribution in [-0.4, -0.2) is 23.8 Å². The summed E-state index contributed by atoms with van der Waals surface area (Å²) < 4.78 is 4.92. The summed E-state index contributed by atoms with van der Waals surface area (Å²) in [5, 5.41) is 10.4. The van der Waals surface area contributed by atoms with Gasteiger partial charge in [-0.25, -0.2) is 0 Å². The van der Waals surface area contributed by atoms with Crippen molar-refractivity contribution in [1.82, 2.24) is 0 Å². The predicted molar refractivity (Wildman–Crippen MR) is 129 cm³/mol. The Morgan fingerprint density at radius 3 is 1.80 bits per heavy atom. The van der Waals surface area contributed by atoms with Crippen molar-refractivity contribution in [3.8, 4) is 0 Å². The van der Waals surface area contributed by atoms with E-state index in [2.05, 4.69) is 52.0 Å². The molecule has 0 saturated carbocycles. The Labute approximate surface area is 185 Å². The standard InChI is InChI=1S/C27H44O3/c1-21(2)11-8-12-22(3)13-9-14-23(4)17-18-27(29)25(6)16-10-15-24(5)19-20-30-26(7)28/h11,13,16-17,19,27,29H,8-10,12,14-15,18,20H2,1-7H3/b22-13+,23-17+,24-19+,25-16+. The van der Waals surface area contributed by atoms with Crippen LogP contribution in [0.2, 0.25) is 0 Å². The Bertz CT molecular complexity index is 656. The molecule has 0 aliphatic heterocycles. The topological polar surface area (TPSA) is 46.5 Å². The second-order valence-electron chi connectivity index (χ2n) is 8.55. The number of ether oxygens (including phenoxy) is 1. The molecule has 0 saturated heterocycles. The van der Waals surface area contributed by atoms with Gasteiger partial charge in [-0.15, -0.1) is 0 Å². The van der Waals surface area contributed by atoms with Crippen LogP contribution in [-0.2, 0) is 9.53 Å². The van der Waals surface area contributed by atoms with E-state index < -0.39 is 6.10 Å². The summed E-state index contributed by atoms with van der Waals surface area (Å²) >= 11 is 0. The number of hydrogen-bond acceptors (Lipinski definition) is 3. The van der Waals surface area contributed by atoms with Crippen LogP contribution in [0.5, 0.6) is 0 Å². The van der Waals surface area contributed by atoms with Gasteiger partial charge in [0.2, 0.25) is 0 Å². The maximum Gasteiger partial charge on any atom is 0.302 e. The number of rotatable bonds is 14. The van der Waals surface area contributed by atoms with Crippen molar-refractivity contribution in [1.29, 1.82) is 0 Å². The monoisotopic (exact) mass is 416 g/mol. The van der Waals surface area contributed by atoms with E-state index in [1.807, 2.05) is 19.9 Å². The highest BCUT2D eigenvalue weighted by molar-refractivity contribution is 5.66. The molecule has 0 amide bonds. The minimum Gasteiger partial charge on any atom is -0.462 e. The van der Waals surface area contributed by atoms with Gasteiger partial charge in [-0.2, -0.15) is 0 Å². The molecule has 0 fully saturated rings. The lowest BCUT2D eigenvalue weighted by molar-refractivity contribution is -0.139. The summed E-state index contributed by atoms with van der Waals surface area (Å²) in [5.41, 5.74) is 6.38. The van der Waals surface area contributed by atoms with E-state index >= 15 is 0 Å². The van der Waals surface area contributed by atoms with Gasteiger partial charge < -0.3 is 9.84 Å². The molecule has 1 unspecified atom stereocenters. The van der Waals surface area contributed by atoms with Crippen molar-refractivity contribution < 1.29 is 14.6 Å². The zero-order valence-corrected chi connectivity index (χ0v) is 20.4. The normalized spacial score (nSPS) is 14.5. The van der Waals surface area contributed by atoms with E-state index in [9.17, 15) is 9.90 Å². The number of hydrogen-bond donors (Lipinski definition) is 1. The molecule has 0 aromatic carbocycles. The van der Waals surface area contributed by atoms with E-state index in [0.717, 1.165) is 44.1 Å². The molecule has 3 nitrogen and oxygen atoms in total. The van der Waals surface area contributed by atoms with Gasteiger partial charge in [0.15, 0.2) is 0 Å². The third-order valence-corrected chi connectivity index (χ3v) is 5.06. The highest BCUT2D eigenvalue weighted by atomic mass is 16.5. The van der Waals surface area contributed by atoms with Crippen molar-refractivity contribution in [3.63, 3.8) is 0 Å². The summed E-state index contributed by atoms with van der Waals surface area (Å²) in [6.07, 6.45) is 17.2. The lowest BCUT2D eigenvalue weighted by Crippen LogP contribution is -2.06. The number of esters is 1. The van der Waals surface area contributed by atoms with E-state index in [4.69, 9.17) is 4.74 Å². The largest absolute Gasteiger partial charge is 0.462 e. The number of carbonyl (C=O) groups excluding carboxylic acids is 1. The molecule has 0 aliphatic rings. The second-order valence-corrected chi connectivity index (χ2v) is 8.55. The highest BCUT2D eigenvalue weighted by Crippen LogP contribution is 2.15. The summed E-state index contributed by atoms with van der Waals surface area (Å²) in [4.78, 5) is 10.8. The second kappa shape index (κ2) is 16.9. The van der Waals surface area contributed by atoms with Gasteiger partial charge >= 0.3 is 5.97 Å². The van der Waals surface area contributed by atoms with E-state index in [-0.39, 0.29) is 5.97 Å². The van der Waals surface area contributed by atoms with Crippen LogP contribution >= 0.6 is 0 Å². The summed E-state index contributed by atoms with van der Waals surface area (Å²) in [6.45, 7) is 14.4. The van der Waals surface area contributed by atoms with Crippen LogP contribution in [0, 0.1) is 0 Å². The van der Waals surface area contributed by atoms with Crippen molar-refractivity contribution in [3.05, 3.63) is 58.2 Å². The summed E-state index contributed by atoms with van der Waals surface area (Å²) in [6, 6.07) is 0. The Balaban J connectivity index is 4.26. The fourth-order valence-corrected chi connectivity index (χ4v) is 2.90. The third-order valence-electron chi connectivity index (χ3n) is 5.06. The van der Waals surface area contributed by atoms with Crippen molar-refractivity contribution in [2.45, 2.75) is 99.5 Å². The fourth-order valence-electron chi connectivity index (χ4n) is 2.90. The Morgan fingerprint density at radius 1 is 0.733 bits per heavy atom. The molecule has 170 valence electrons. The molecule has 0 aliphatic carbocycles. The molecule has 0 radical (unpaired) electrons. The maximum absolute atomic E-state index is 10.8. The van der Waals surface area contributed by atoms with Crippen molar-refractivity contribution in [2.75, 3.05) is 6.61 Å². The first-order chi connectivity index (χ1) is 14.1. The molecule has 0 spiro atoms. The minimum absolute atomic E-state index is 0.258. The average Bonchev–Trinajstić information content (AvgIpc) is 2.65. The Hall–Kier alpha value is -1.87. The maximum atomic E-state index is 10.8. The fraction of sp³-hybridized carbons (Fsp3) is 0.593. The van der Waals surface area contributed by atoms with Crippen LogP contribution in [0.25, 0.3) is 0 Å². The van der Waals surface area contributed by atoms with E-state index in [1.165, 1.54) is 29.2 Å². The Kier molecular flexibility index (Phi) is 15.8. The molecule has 0 aromatic heterocycles. The first kappa shape index (κ1) is 28.1. The molecule has 0 rings (SSSR count). The van der Waals surface area contributed by atoms with Gasteiger partial charge in [-0.1, -0.05) is 46.6 Å². The van der Waals surface area contributed by atoms with Gasteiger partial charge in [0.25, 0.3) is 0 Å². The van der Waals surface area contributed by atoms with Gasteiger partial charge in [0.05, 0.1) is 6.10 Å². The van der Waals surface area contributed by atoms with Gasteiger partial charge in [0, 0.05) is 6.92 Å². The SMILES string of the molecule is CC(=O)OC/C=C(\C)CC/C=C(\C)C(O)C/C=C(\C)CC/C=C(\C)CCC=C(C)C. The number of carbonyl (C=O) groups is 1. The molecule has 1 N–H and O–H groups in total. The van der Waals surface area contributed by atoms with E-state index in [1.54, 1.807) is 0 Å². The molecule has 30 heavy (non-hydrogen) atoms. The van der Waals surface area contributed by atoms with E-state index in [0.29, 0.717) is 13.0 Å². The molecular weight excluding hydrogens is 372 g/mol. The van der Waals surface area contributed by atoms with Gasteiger partial charge in [-0.05, 0) is 98.1 Å². The molecule has 0 heterocycles. The van der Waals surface area contributed by atoms with Crippen molar-refractivity contribution >= 4 is 5.97 Å². The van der Waals surface area contributed by atoms with Gasteiger partial charge in [0.1, 0.15) is 6.61 Å². The molecular formula is C27H44O3. The molecule has 1 atom stereocenters. The molecule has 0 bridgehead atoms. The van der Waals surface area contributed by atoms with Crippen molar-refractivity contribution in [2.24, 2.45) is 0 Å². The lowest BCUT2D eigenvalue weighted by Gasteiger charge is -2.10. The highest BCUT2D eigenvalue weighted by Gasteiger charge is 2.04. The first-order valence-electron chi connectivity index (χ1n) is 11.2. The molecule has 3 heteroatoms. The van der Waals surface area contributed by atoms with Crippen LogP contribution in [0.4, 0.5) is 0 Å². The Morgan fingerprint density at radius 2 is 1.23 bits per heavy atom. The quantitative estimate of drug-likeness (QED) is 0.237. The number of allylic oxidation sites excluding steroid dienone is 7. The van der Waals surface area contributed by atoms with Crippen LogP contribution in [0.15, 0.2) is 58.2 Å². The zero-order chi connectivity index (χ0) is 22.9. The van der Waals surface area contributed by atoms with Gasteiger partial charge in [-0.3, -0.25) is 4.79 Å². The molecule has 0 aromatic rings. The minimum atomic E-state index is -0.424. The van der Waals surface area contributed by atoms with Crippen LogP contribution < -0.4 is 0 Å². The first-order valence-corrected chi connectivity index (χ1v) is 11.2. The third kappa shape index (κ3) is 17.0. The number of aliphatic hydroxyl groups excluding tert-OH is 1. The average molecular weight is 417 g/mol. The zero-order valence-electron chi connectivity index (χ0n) is 20.4. The van der Waals surface area contributed by atoms with Crippen LogP contribution in [0.1, 0.15) is 93.4 Å².